The fraction of sp³-hybridized carbons (Fsp3) is 0.350. The molecule has 0 aliphatic carbocycles. The van der Waals surface area contributed by atoms with Gasteiger partial charge in [-0.05, 0) is 24.1 Å². The van der Waals surface area contributed by atoms with Gasteiger partial charge in [0, 0.05) is 45.2 Å². The van der Waals surface area contributed by atoms with Crippen LogP contribution < -0.4 is 5.73 Å². The van der Waals surface area contributed by atoms with Crippen LogP contribution in [-0.4, -0.2) is 56.5 Å². The molecule has 0 spiro atoms. The first-order valence-corrected chi connectivity index (χ1v) is 9.17. The zero-order valence-electron chi connectivity index (χ0n) is 15.7. The van der Waals surface area contributed by atoms with E-state index in [-0.39, 0.29) is 11.9 Å². The second kappa shape index (κ2) is 7.00. The minimum atomic E-state index is 0.133. The molecule has 7 heteroatoms. The molecule has 1 unspecified atom stereocenters. The van der Waals surface area contributed by atoms with Crippen LogP contribution in [0.4, 0.5) is 5.95 Å². The Bertz CT molecular complexity index is 964. The molecule has 1 saturated heterocycles. The SMILES string of the molecule is CC(=O)N(C)C1CCN(Cc2ccc(-c3cccc4nc(N)nn34)cc2)C1. The van der Waals surface area contributed by atoms with Gasteiger partial charge in [0.25, 0.3) is 0 Å². The lowest BCUT2D eigenvalue weighted by molar-refractivity contribution is -0.129. The monoisotopic (exact) mass is 364 g/mol. The Morgan fingerprint density at radius 1 is 1.26 bits per heavy atom. The third kappa shape index (κ3) is 3.50. The molecular weight excluding hydrogens is 340 g/mol. The number of pyridine rings is 1. The lowest BCUT2D eigenvalue weighted by atomic mass is 10.1. The number of aromatic nitrogens is 3. The summed E-state index contributed by atoms with van der Waals surface area (Å²) < 4.78 is 1.77. The van der Waals surface area contributed by atoms with Crippen molar-refractivity contribution in [2.24, 2.45) is 0 Å². The summed E-state index contributed by atoms with van der Waals surface area (Å²) in [6.45, 7) is 4.46. The Hall–Kier alpha value is -2.93. The fourth-order valence-electron chi connectivity index (χ4n) is 3.71. The van der Waals surface area contributed by atoms with E-state index in [1.165, 1.54) is 5.56 Å². The number of nitrogens with two attached hydrogens (primary N) is 1. The molecule has 4 rings (SSSR count). The maximum absolute atomic E-state index is 11.6. The number of carbonyl (C=O) groups is 1. The van der Waals surface area contributed by atoms with E-state index < -0.39 is 0 Å². The summed E-state index contributed by atoms with van der Waals surface area (Å²) in [5, 5.41) is 4.28. The topological polar surface area (TPSA) is 79.8 Å². The number of amides is 1. The molecule has 1 aliphatic heterocycles. The number of nitrogen functional groups attached to an aromatic ring is 1. The Morgan fingerprint density at radius 3 is 2.78 bits per heavy atom. The number of likely N-dealkylation sites (tertiary alicyclic amines) is 1. The summed E-state index contributed by atoms with van der Waals surface area (Å²) in [7, 11) is 1.89. The lowest BCUT2D eigenvalue weighted by Crippen LogP contribution is -2.37. The predicted octanol–water partition coefficient (Wildman–Crippen LogP) is 2.03. The van der Waals surface area contributed by atoms with Gasteiger partial charge in [-0.3, -0.25) is 9.69 Å². The zero-order valence-corrected chi connectivity index (χ0v) is 15.7. The second-order valence-corrected chi connectivity index (χ2v) is 7.16. The number of anilines is 1. The summed E-state index contributed by atoms with van der Waals surface area (Å²) in [5.74, 6) is 0.410. The number of likely N-dealkylation sites (N-methyl/N-ethyl adjacent to an activating group) is 1. The molecule has 1 aromatic carbocycles. The summed E-state index contributed by atoms with van der Waals surface area (Å²) in [5.41, 5.74) is 9.77. The van der Waals surface area contributed by atoms with Crippen LogP contribution in [0.2, 0.25) is 0 Å². The van der Waals surface area contributed by atoms with Crippen molar-refractivity contribution >= 4 is 17.5 Å². The third-order valence-corrected chi connectivity index (χ3v) is 5.32. The minimum Gasteiger partial charge on any atom is -0.366 e. The van der Waals surface area contributed by atoms with Gasteiger partial charge in [0.2, 0.25) is 11.9 Å². The summed E-state index contributed by atoms with van der Waals surface area (Å²) in [6.07, 6.45) is 1.03. The number of carbonyl (C=O) groups excluding carboxylic acids is 1. The summed E-state index contributed by atoms with van der Waals surface area (Å²) in [4.78, 5) is 20.0. The van der Waals surface area contributed by atoms with Gasteiger partial charge in [0.1, 0.15) is 0 Å². The number of hydrogen-bond donors (Lipinski definition) is 1. The van der Waals surface area contributed by atoms with E-state index in [9.17, 15) is 4.79 Å². The first-order chi connectivity index (χ1) is 13.0. The van der Waals surface area contributed by atoms with Crippen LogP contribution in [0.25, 0.3) is 16.9 Å². The van der Waals surface area contributed by atoms with E-state index in [4.69, 9.17) is 5.73 Å². The fourth-order valence-corrected chi connectivity index (χ4v) is 3.71. The molecule has 3 aromatic rings. The molecule has 140 valence electrons. The standard InChI is InChI=1S/C20H24N6O/c1-14(27)24(2)17-10-11-25(13-17)12-15-6-8-16(9-7-15)18-4-3-5-19-22-20(21)23-26(18)19/h3-9,17H,10-13H2,1-2H3,(H2,21,23). The minimum absolute atomic E-state index is 0.133. The lowest BCUT2D eigenvalue weighted by Gasteiger charge is -2.23. The highest BCUT2D eigenvalue weighted by atomic mass is 16.2. The van der Waals surface area contributed by atoms with Crippen LogP contribution in [0.5, 0.6) is 0 Å². The molecule has 0 radical (unpaired) electrons. The van der Waals surface area contributed by atoms with Gasteiger partial charge in [-0.2, -0.15) is 4.98 Å². The Morgan fingerprint density at radius 2 is 2.04 bits per heavy atom. The Kier molecular flexibility index (Phi) is 4.53. The van der Waals surface area contributed by atoms with Crippen LogP contribution in [0.3, 0.4) is 0 Å². The normalized spacial score (nSPS) is 17.5. The van der Waals surface area contributed by atoms with Gasteiger partial charge in [-0.15, -0.1) is 5.10 Å². The van der Waals surface area contributed by atoms with Crippen LogP contribution in [0.1, 0.15) is 18.9 Å². The quantitative estimate of drug-likeness (QED) is 0.766. The molecule has 2 N–H and O–H groups in total. The molecular formula is C20H24N6O. The van der Waals surface area contributed by atoms with Crippen LogP contribution in [0, 0.1) is 0 Å². The molecule has 1 fully saturated rings. The smallest absolute Gasteiger partial charge is 0.240 e. The first-order valence-electron chi connectivity index (χ1n) is 9.17. The summed E-state index contributed by atoms with van der Waals surface area (Å²) >= 11 is 0. The van der Waals surface area contributed by atoms with Crippen molar-refractivity contribution in [3.8, 4) is 11.3 Å². The predicted molar refractivity (Wildman–Crippen MR) is 105 cm³/mol. The van der Waals surface area contributed by atoms with Crippen molar-refractivity contribution < 1.29 is 4.79 Å². The second-order valence-electron chi connectivity index (χ2n) is 7.16. The highest BCUT2D eigenvalue weighted by molar-refractivity contribution is 5.73. The van der Waals surface area contributed by atoms with Crippen molar-refractivity contribution in [1.29, 1.82) is 0 Å². The van der Waals surface area contributed by atoms with Crippen molar-refractivity contribution in [2.75, 3.05) is 25.9 Å². The number of benzene rings is 1. The molecule has 1 aliphatic rings. The van der Waals surface area contributed by atoms with E-state index in [1.807, 2.05) is 30.1 Å². The number of fused-ring (bicyclic) bond motifs is 1. The van der Waals surface area contributed by atoms with Gasteiger partial charge in [-0.25, -0.2) is 4.52 Å². The first kappa shape index (κ1) is 17.5. The molecule has 7 nitrogen and oxygen atoms in total. The van der Waals surface area contributed by atoms with E-state index in [2.05, 4.69) is 39.2 Å². The zero-order chi connectivity index (χ0) is 19.0. The van der Waals surface area contributed by atoms with E-state index in [1.54, 1.807) is 11.4 Å². The number of nitrogens with zero attached hydrogens (tertiary/aromatic N) is 5. The number of hydrogen-bond acceptors (Lipinski definition) is 5. The Labute approximate surface area is 158 Å². The molecule has 1 amide bonds. The van der Waals surface area contributed by atoms with Gasteiger partial charge in [0.05, 0.1) is 5.69 Å². The summed E-state index contributed by atoms with van der Waals surface area (Å²) in [6, 6.07) is 14.7. The van der Waals surface area contributed by atoms with E-state index >= 15 is 0 Å². The molecule has 0 bridgehead atoms. The average molecular weight is 364 g/mol. The molecule has 27 heavy (non-hydrogen) atoms. The van der Waals surface area contributed by atoms with Crippen molar-refractivity contribution in [1.82, 2.24) is 24.4 Å². The molecule has 2 aromatic heterocycles. The maximum atomic E-state index is 11.6. The van der Waals surface area contributed by atoms with Crippen molar-refractivity contribution in [3.63, 3.8) is 0 Å². The highest BCUT2D eigenvalue weighted by Crippen LogP contribution is 2.23. The van der Waals surface area contributed by atoms with E-state index in [0.29, 0.717) is 6.04 Å². The van der Waals surface area contributed by atoms with Crippen molar-refractivity contribution in [2.45, 2.75) is 25.9 Å². The maximum Gasteiger partial charge on any atom is 0.240 e. The third-order valence-electron chi connectivity index (χ3n) is 5.32. The molecule has 3 heterocycles. The Balaban J connectivity index is 1.47. The van der Waals surface area contributed by atoms with Crippen LogP contribution in [0.15, 0.2) is 42.5 Å². The highest BCUT2D eigenvalue weighted by Gasteiger charge is 2.26. The average Bonchev–Trinajstić information content (AvgIpc) is 3.27. The molecule has 0 saturated carbocycles. The van der Waals surface area contributed by atoms with Gasteiger partial charge < -0.3 is 10.6 Å². The van der Waals surface area contributed by atoms with Gasteiger partial charge >= 0.3 is 0 Å². The largest absolute Gasteiger partial charge is 0.366 e. The van der Waals surface area contributed by atoms with Gasteiger partial charge in [0.15, 0.2) is 5.65 Å². The molecule has 1 atom stereocenters. The number of rotatable bonds is 4. The van der Waals surface area contributed by atoms with Crippen LogP contribution in [-0.2, 0) is 11.3 Å². The van der Waals surface area contributed by atoms with Crippen molar-refractivity contribution in [3.05, 3.63) is 48.0 Å². The van der Waals surface area contributed by atoms with Crippen LogP contribution >= 0.6 is 0 Å². The van der Waals surface area contributed by atoms with Gasteiger partial charge in [-0.1, -0.05) is 30.3 Å². The van der Waals surface area contributed by atoms with E-state index in [0.717, 1.165) is 43.0 Å².